The predicted octanol–water partition coefficient (Wildman–Crippen LogP) is 3.24. The summed E-state index contributed by atoms with van der Waals surface area (Å²) >= 11 is 5.90. The molecule has 0 aliphatic rings. The highest BCUT2D eigenvalue weighted by Crippen LogP contribution is 2.20. The number of carbonyl (C=O) groups excluding carboxylic acids is 2. The smallest absolute Gasteiger partial charge is 0.413 e. The fraction of sp³-hybridized carbons (Fsp3) is 0.263. The first kappa shape index (κ1) is 22.7. The molecule has 0 atom stereocenters. The Labute approximate surface area is 174 Å². The van der Waals surface area contributed by atoms with Crippen molar-refractivity contribution in [2.24, 2.45) is 0 Å². The van der Waals surface area contributed by atoms with Crippen LogP contribution in [-0.2, 0) is 19.6 Å². The molecule has 0 radical (unpaired) electrons. The first-order chi connectivity index (χ1) is 13.7. The van der Waals surface area contributed by atoms with Gasteiger partial charge in [-0.05, 0) is 43.3 Å². The average molecular weight is 440 g/mol. The number of sulfonamides is 1. The summed E-state index contributed by atoms with van der Waals surface area (Å²) in [5, 5.41) is 2.77. The number of nitrogens with one attached hydrogen (secondary N) is 2. The summed E-state index contributed by atoms with van der Waals surface area (Å²) < 4.78 is 31.7. The van der Waals surface area contributed by atoms with Crippen molar-refractivity contribution in [3.05, 3.63) is 53.6 Å². The molecule has 0 heterocycles. The van der Waals surface area contributed by atoms with E-state index in [1.807, 2.05) is 0 Å². The summed E-state index contributed by atoms with van der Waals surface area (Å²) in [5.74, 6) is -0.363. The molecule has 2 N–H and O–H groups in total. The summed E-state index contributed by atoms with van der Waals surface area (Å²) in [6.45, 7) is 1.92. The van der Waals surface area contributed by atoms with Gasteiger partial charge >= 0.3 is 6.09 Å². The molecule has 0 saturated carbocycles. The van der Waals surface area contributed by atoms with Gasteiger partial charge in [-0.3, -0.25) is 9.69 Å². The van der Waals surface area contributed by atoms with E-state index in [4.69, 9.17) is 16.3 Å². The fourth-order valence-electron chi connectivity index (χ4n) is 2.36. The maximum absolute atomic E-state index is 12.2. The molecule has 0 fully saturated rings. The minimum atomic E-state index is -3.80. The summed E-state index contributed by atoms with van der Waals surface area (Å²) in [6.07, 6.45) is -0.538. The fourth-order valence-corrected chi connectivity index (χ4v) is 3.91. The third-order valence-electron chi connectivity index (χ3n) is 3.85. The zero-order chi connectivity index (χ0) is 21.4. The van der Waals surface area contributed by atoms with Gasteiger partial charge in [-0.25, -0.2) is 17.9 Å². The van der Waals surface area contributed by atoms with Gasteiger partial charge in [0.1, 0.15) is 4.90 Å². The van der Waals surface area contributed by atoms with Crippen LogP contribution in [0.5, 0.6) is 0 Å². The molecule has 2 aromatic carbocycles. The quantitative estimate of drug-likeness (QED) is 0.657. The van der Waals surface area contributed by atoms with Crippen molar-refractivity contribution in [2.75, 3.05) is 30.4 Å². The van der Waals surface area contributed by atoms with Crippen LogP contribution in [0.15, 0.2) is 53.4 Å². The lowest BCUT2D eigenvalue weighted by Gasteiger charge is -2.17. The second-order valence-electron chi connectivity index (χ2n) is 5.93. The number of hydrogen-bond donors (Lipinski definition) is 2. The summed E-state index contributed by atoms with van der Waals surface area (Å²) in [5.41, 5.74) is 1.12. The summed E-state index contributed by atoms with van der Waals surface area (Å²) in [4.78, 5) is 25.1. The van der Waals surface area contributed by atoms with Crippen molar-refractivity contribution < 1.29 is 22.7 Å². The number of anilines is 2. The lowest BCUT2D eigenvalue weighted by Crippen LogP contribution is -2.28. The van der Waals surface area contributed by atoms with Crippen LogP contribution < -0.4 is 14.9 Å². The molecule has 0 unspecified atom stereocenters. The number of ether oxygens (including phenoxy) is 1. The molecule has 8 nitrogen and oxygen atoms in total. The monoisotopic (exact) mass is 439 g/mol. The van der Waals surface area contributed by atoms with Crippen LogP contribution in [-0.4, -0.2) is 40.6 Å². The normalized spacial score (nSPS) is 11.0. The Balaban J connectivity index is 1.86. The van der Waals surface area contributed by atoms with Crippen molar-refractivity contribution in [3.8, 4) is 0 Å². The van der Waals surface area contributed by atoms with Crippen molar-refractivity contribution in [2.45, 2.75) is 18.2 Å². The Morgan fingerprint density at radius 2 is 1.76 bits per heavy atom. The number of amides is 2. The molecule has 29 heavy (non-hydrogen) atoms. The highest BCUT2D eigenvalue weighted by atomic mass is 35.5. The number of halogens is 1. The predicted molar refractivity (Wildman–Crippen MR) is 112 cm³/mol. The molecule has 0 bridgehead atoms. The van der Waals surface area contributed by atoms with Gasteiger partial charge in [-0.15, -0.1) is 0 Å². The number of hydrogen-bond acceptors (Lipinski definition) is 5. The van der Waals surface area contributed by atoms with E-state index in [1.165, 1.54) is 17.0 Å². The van der Waals surface area contributed by atoms with Gasteiger partial charge in [0.2, 0.25) is 15.9 Å². The van der Waals surface area contributed by atoms with Crippen LogP contribution in [0.25, 0.3) is 0 Å². The largest absolute Gasteiger partial charge is 0.449 e. The first-order valence-electron chi connectivity index (χ1n) is 8.79. The lowest BCUT2D eigenvalue weighted by molar-refractivity contribution is -0.116. The Bertz CT molecular complexity index is 964. The van der Waals surface area contributed by atoms with E-state index in [1.54, 1.807) is 50.4 Å². The van der Waals surface area contributed by atoms with Gasteiger partial charge in [0.25, 0.3) is 0 Å². The minimum Gasteiger partial charge on any atom is -0.449 e. The number of benzene rings is 2. The van der Waals surface area contributed by atoms with Crippen molar-refractivity contribution in [1.29, 1.82) is 0 Å². The molecule has 0 aromatic heterocycles. The van der Waals surface area contributed by atoms with Crippen LogP contribution in [0.2, 0.25) is 5.02 Å². The van der Waals surface area contributed by atoms with E-state index >= 15 is 0 Å². The molecule has 2 aromatic rings. The topological polar surface area (TPSA) is 105 Å². The van der Waals surface area contributed by atoms with Crippen LogP contribution in [0.1, 0.15) is 13.3 Å². The maximum Gasteiger partial charge on any atom is 0.413 e. The Hall–Kier alpha value is -2.62. The summed E-state index contributed by atoms with van der Waals surface area (Å²) in [7, 11) is -2.22. The molecule has 0 spiro atoms. The highest BCUT2D eigenvalue weighted by Gasteiger charge is 2.17. The standard InChI is InChI=1S/C19H22ClN3O5S/c1-3-28-19(25)23(2)15-10-8-14(9-11-15)22-18(24)12-13-21-29(26,27)17-7-5-4-6-16(17)20/h4-11,21H,3,12-13H2,1-2H3,(H,22,24). The molecule has 156 valence electrons. The average Bonchev–Trinajstić information content (AvgIpc) is 2.68. The molecule has 0 saturated heterocycles. The highest BCUT2D eigenvalue weighted by molar-refractivity contribution is 7.89. The molecular weight excluding hydrogens is 418 g/mol. The van der Waals surface area contributed by atoms with E-state index in [2.05, 4.69) is 10.0 Å². The number of rotatable bonds is 8. The Morgan fingerprint density at radius 3 is 2.38 bits per heavy atom. The van der Waals surface area contributed by atoms with Crippen LogP contribution in [0, 0.1) is 0 Å². The van der Waals surface area contributed by atoms with E-state index in [0.29, 0.717) is 11.4 Å². The zero-order valence-electron chi connectivity index (χ0n) is 16.0. The van der Waals surface area contributed by atoms with Crippen LogP contribution in [0.3, 0.4) is 0 Å². The third kappa shape index (κ3) is 6.45. The van der Waals surface area contributed by atoms with E-state index < -0.39 is 16.1 Å². The van der Waals surface area contributed by atoms with Crippen molar-refractivity contribution in [1.82, 2.24) is 4.72 Å². The van der Waals surface area contributed by atoms with Gasteiger partial charge in [-0.1, -0.05) is 23.7 Å². The van der Waals surface area contributed by atoms with Crippen LogP contribution >= 0.6 is 11.6 Å². The molecule has 10 heteroatoms. The second kappa shape index (κ2) is 10.2. The minimum absolute atomic E-state index is 0.0385. The summed E-state index contributed by atoms with van der Waals surface area (Å²) in [6, 6.07) is 12.7. The third-order valence-corrected chi connectivity index (χ3v) is 5.81. The lowest BCUT2D eigenvalue weighted by atomic mass is 10.2. The maximum atomic E-state index is 12.2. The van der Waals surface area contributed by atoms with Gasteiger partial charge in [0, 0.05) is 31.4 Å². The molecule has 0 aliphatic carbocycles. The zero-order valence-corrected chi connectivity index (χ0v) is 17.6. The van der Waals surface area contributed by atoms with Crippen molar-refractivity contribution in [3.63, 3.8) is 0 Å². The van der Waals surface area contributed by atoms with Gasteiger partial charge in [-0.2, -0.15) is 0 Å². The molecule has 2 amide bonds. The SMILES string of the molecule is CCOC(=O)N(C)c1ccc(NC(=O)CCNS(=O)(=O)c2ccccc2Cl)cc1. The Morgan fingerprint density at radius 1 is 1.10 bits per heavy atom. The van der Waals surface area contributed by atoms with E-state index in [9.17, 15) is 18.0 Å². The Kier molecular flexibility index (Phi) is 8.00. The van der Waals surface area contributed by atoms with Crippen LogP contribution in [0.4, 0.5) is 16.2 Å². The van der Waals surface area contributed by atoms with E-state index in [0.717, 1.165) is 0 Å². The van der Waals surface area contributed by atoms with E-state index in [-0.39, 0.29) is 35.4 Å². The van der Waals surface area contributed by atoms with Gasteiger partial charge in [0.05, 0.1) is 11.6 Å². The van der Waals surface area contributed by atoms with Crippen molar-refractivity contribution >= 4 is 45.0 Å². The molecule has 0 aliphatic heterocycles. The number of nitrogens with zero attached hydrogens (tertiary/aromatic N) is 1. The molecular formula is C19H22ClN3O5S. The second-order valence-corrected chi connectivity index (χ2v) is 8.07. The molecule has 2 rings (SSSR count). The van der Waals surface area contributed by atoms with Gasteiger partial charge in [0.15, 0.2) is 0 Å². The van der Waals surface area contributed by atoms with Gasteiger partial charge < -0.3 is 10.1 Å². The number of carbonyl (C=O) groups is 2. The first-order valence-corrected chi connectivity index (χ1v) is 10.7.